The van der Waals surface area contributed by atoms with Crippen LogP contribution in [0.3, 0.4) is 0 Å². The van der Waals surface area contributed by atoms with Gasteiger partial charge in [0, 0.05) is 10.9 Å². The van der Waals surface area contributed by atoms with E-state index >= 15 is 0 Å². The van der Waals surface area contributed by atoms with E-state index in [0.29, 0.717) is 0 Å². The van der Waals surface area contributed by atoms with Gasteiger partial charge in [0.15, 0.2) is 0 Å². The van der Waals surface area contributed by atoms with Gasteiger partial charge in [-0.25, -0.2) is 4.98 Å². The van der Waals surface area contributed by atoms with Gasteiger partial charge in [0.2, 0.25) is 5.88 Å². The molecule has 0 aliphatic rings. The van der Waals surface area contributed by atoms with Crippen LogP contribution >= 0.6 is 0 Å². The lowest BCUT2D eigenvalue weighted by Crippen LogP contribution is -1.94. The summed E-state index contributed by atoms with van der Waals surface area (Å²) in [4.78, 5) is 4.48. The van der Waals surface area contributed by atoms with Crippen LogP contribution < -0.4 is 4.74 Å². The Morgan fingerprint density at radius 2 is 2.07 bits per heavy atom. The van der Waals surface area contributed by atoms with E-state index in [4.69, 9.17) is 4.74 Å². The number of rotatable bonds is 2. The van der Waals surface area contributed by atoms with E-state index in [1.165, 1.54) is 10.9 Å². The molecule has 1 heterocycles. The Bertz CT molecular complexity index is 491. The summed E-state index contributed by atoms with van der Waals surface area (Å²) in [5, 5.41) is 1.19. The molecule has 0 N–H and O–H groups in total. The normalized spacial score (nSPS) is 10.6. The van der Waals surface area contributed by atoms with Crippen molar-refractivity contribution >= 4 is 10.9 Å². The molecule has 0 amide bonds. The predicted molar refractivity (Wildman–Crippen MR) is 62.4 cm³/mol. The molecule has 0 atom stereocenters. The SMILES string of the molecule is CCc1cc2cc(C)ccc2nc1OC. The molecule has 2 aromatic rings. The number of nitrogens with zero attached hydrogens (tertiary/aromatic N) is 1. The van der Waals surface area contributed by atoms with Crippen LogP contribution in [0, 0.1) is 6.92 Å². The molecule has 1 aromatic carbocycles. The van der Waals surface area contributed by atoms with Crippen LogP contribution in [0.15, 0.2) is 24.3 Å². The first kappa shape index (κ1) is 9.97. The van der Waals surface area contributed by atoms with Gasteiger partial charge >= 0.3 is 0 Å². The van der Waals surface area contributed by atoms with Crippen LogP contribution in [0.25, 0.3) is 10.9 Å². The average Bonchev–Trinajstić information content (AvgIpc) is 2.27. The fourth-order valence-electron chi connectivity index (χ4n) is 1.75. The smallest absolute Gasteiger partial charge is 0.216 e. The highest BCUT2D eigenvalue weighted by Crippen LogP contribution is 2.23. The standard InChI is InChI=1S/C13H15NO/c1-4-10-8-11-7-9(2)5-6-12(11)14-13(10)15-3/h5-8H,4H2,1-3H3. The first-order chi connectivity index (χ1) is 7.24. The minimum Gasteiger partial charge on any atom is -0.481 e. The third-order valence-corrected chi connectivity index (χ3v) is 2.58. The van der Waals surface area contributed by atoms with E-state index in [9.17, 15) is 0 Å². The molecule has 0 unspecified atom stereocenters. The van der Waals surface area contributed by atoms with Crippen LogP contribution in [-0.4, -0.2) is 12.1 Å². The van der Waals surface area contributed by atoms with Crippen molar-refractivity contribution in [2.24, 2.45) is 0 Å². The Morgan fingerprint density at radius 3 is 2.73 bits per heavy atom. The molecule has 2 heteroatoms. The van der Waals surface area contributed by atoms with Gasteiger partial charge in [-0.05, 0) is 31.5 Å². The summed E-state index contributed by atoms with van der Waals surface area (Å²) < 4.78 is 5.26. The van der Waals surface area contributed by atoms with Crippen molar-refractivity contribution in [1.82, 2.24) is 4.98 Å². The maximum absolute atomic E-state index is 5.26. The summed E-state index contributed by atoms with van der Waals surface area (Å²) in [6.45, 7) is 4.20. The van der Waals surface area contributed by atoms with Crippen LogP contribution in [0.1, 0.15) is 18.1 Å². The monoisotopic (exact) mass is 201 g/mol. The van der Waals surface area contributed by atoms with Crippen molar-refractivity contribution in [3.8, 4) is 5.88 Å². The van der Waals surface area contributed by atoms with E-state index in [2.05, 4.69) is 37.0 Å². The summed E-state index contributed by atoms with van der Waals surface area (Å²) in [5.41, 5.74) is 3.42. The van der Waals surface area contributed by atoms with Crippen molar-refractivity contribution in [2.45, 2.75) is 20.3 Å². The summed E-state index contributed by atoms with van der Waals surface area (Å²) in [6, 6.07) is 8.42. The molecule has 0 aliphatic heterocycles. The average molecular weight is 201 g/mol. The van der Waals surface area contributed by atoms with Gasteiger partial charge in [0.1, 0.15) is 0 Å². The molecule has 15 heavy (non-hydrogen) atoms. The van der Waals surface area contributed by atoms with Crippen molar-refractivity contribution < 1.29 is 4.74 Å². The molecule has 0 spiro atoms. The topological polar surface area (TPSA) is 22.1 Å². The second kappa shape index (κ2) is 3.89. The van der Waals surface area contributed by atoms with E-state index in [-0.39, 0.29) is 0 Å². The second-order valence-electron chi connectivity index (χ2n) is 3.71. The summed E-state index contributed by atoms with van der Waals surface area (Å²) in [5.74, 6) is 0.744. The number of pyridine rings is 1. The van der Waals surface area contributed by atoms with Gasteiger partial charge in [-0.3, -0.25) is 0 Å². The first-order valence-electron chi connectivity index (χ1n) is 5.19. The first-order valence-corrected chi connectivity index (χ1v) is 5.19. The van der Waals surface area contributed by atoms with Gasteiger partial charge < -0.3 is 4.74 Å². The lowest BCUT2D eigenvalue weighted by Gasteiger charge is -2.07. The largest absolute Gasteiger partial charge is 0.481 e. The van der Waals surface area contributed by atoms with Crippen molar-refractivity contribution in [1.29, 1.82) is 0 Å². The molecule has 0 saturated carbocycles. The molecule has 1 aromatic heterocycles. The summed E-state index contributed by atoms with van der Waals surface area (Å²) in [7, 11) is 1.67. The van der Waals surface area contributed by atoms with E-state index in [1.807, 2.05) is 6.07 Å². The Balaban J connectivity index is 2.69. The van der Waals surface area contributed by atoms with Gasteiger partial charge in [0.05, 0.1) is 12.6 Å². The lowest BCUT2D eigenvalue weighted by molar-refractivity contribution is 0.395. The minimum absolute atomic E-state index is 0.744. The van der Waals surface area contributed by atoms with Gasteiger partial charge in [-0.15, -0.1) is 0 Å². The number of fused-ring (bicyclic) bond motifs is 1. The van der Waals surface area contributed by atoms with Crippen LogP contribution in [0.5, 0.6) is 5.88 Å². The molecule has 0 bridgehead atoms. The van der Waals surface area contributed by atoms with Gasteiger partial charge in [-0.1, -0.05) is 18.6 Å². The van der Waals surface area contributed by atoms with E-state index in [1.54, 1.807) is 7.11 Å². The molecular weight excluding hydrogens is 186 g/mol. The molecule has 2 rings (SSSR count). The van der Waals surface area contributed by atoms with E-state index < -0.39 is 0 Å². The number of methoxy groups -OCH3 is 1. The van der Waals surface area contributed by atoms with Gasteiger partial charge in [0.25, 0.3) is 0 Å². The number of benzene rings is 1. The third-order valence-electron chi connectivity index (χ3n) is 2.58. The van der Waals surface area contributed by atoms with Crippen molar-refractivity contribution in [3.63, 3.8) is 0 Å². The van der Waals surface area contributed by atoms with Crippen molar-refractivity contribution in [3.05, 3.63) is 35.4 Å². The minimum atomic E-state index is 0.744. The zero-order valence-corrected chi connectivity index (χ0v) is 9.37. The third kappa shape index (κ3) is 1.80. The molecule has 0 aliphatic carbocycles. The van der Waals surface area contributed by atoms with Crippen LogP contribution in [0.2, 0.25) is 0 Å². The van der Waals surface area contributed by atoms with Crippen LogP contribution in [0.4, 0.5) is 0 Å². The number of aryl methyl sites for hydroxylation is 2. The molecule has 0 saturated heterocycles. The number of hydrogen-bond acceptors (Lipinski definition) is 2. The highest BCUT2D eigenvalue weighted by atomic mass is 16.5. The number of aromatic nitrogens is 1. The van der Waals surface area contributed by atoms with Crippen molar-refractivity contribution in [2.75, 3.05) is 7.11 Å². The summed E-state index contributed by atoms with van der Waals surface area (Å²) in [6.07, 6.45) is 0.944. The fraction of sp³-hybridized carbons (Fsp3) is 0.308. The summed E-state index contributed by atoms with van der Waals surface area (Å²) >= 11 is 0. The van der Waals surface area contributed by atoms with Gasteiger partial charge in [-0.2, -0.15) is 0 Å². The predicted octanol–water partition coefficient (Wildman–Crippen LogP) is 3.11. The lowest BCUT2D eigenvalue weighted by atomic mass is 10.1. The molecule has 0 radical (unpaired) electrons. The highest BCUT2D eigenvalue weighted by molar-refractivity contribution is 5.80. The van der Waals surface area contributed by atoms with E-state index in [0.717, 1.165) is 23.4 Å². The fourth-order valence-corrected chi connectivity index (χ4v) is 1.75. The molecule has 78 valence electrons. The number of hydrogen-bond donors (Lipinski definition) is 0. The zero-order valence-electron chi connectivity index (χ0n) is 9.37. The van der Waals surface area contributed by atoms with Crippen LogP contribution in [-0.2, 0) is 6.42 Å². The second-order valence-corrected chi connectivity index (χ2v) is 3.71. The maximum atomic E-state index is 5.26. The Hall–Kier alpha value is -1.57. The Kier molecular flexibility index (Phi) is 2.58. The highest BCUT2D eigenvalue weighted by Gasteiger charge is 2.05. The molecular formula is C13H15NO. The Labute approximate surface area is 89.9 Å². The molecule has 0 fully saturated rings. The quantitative estimate of drug-likeness (QED) is 0.744. The Morgan fingerprint density at radius 1 is 1.27 bits per heavy atom. The molecule has 2 nitrogen and oxygen atoms in total. The maximum Gasteiger partial charge on any atom is 0.216 e. The number of ether oxygens (including phenoxy) is 1. The zero-order chi connectivity index (χ0) is 10.8.